The van der Waals surface area contributed by atoms with Gasteiger partial charge in [0.25, 0.3) is 5.91 Å². The molecular weight excluding hydrogens is 280 g/mol. The van der Waals surface area contributed by atoms with E-state index in [4.69, 9.17) is 9.15 Å². The molecule has 0 saturated carbocycles. The van der Waals surface area contributed by atoms with Crippen molar-refractivity contribution in [2.24, 2.45) is 0 Å². The number of hydrogen-bond donors (Lipinski definition) is 1. The van der Waals surface area contributed by atoms with Crippen LogP contribution in [0.4, 0.5) is 5.00 Å². The van der Waals surface area contributed by atoms with E-state index in [0.717, 1.165) is 5.56 Å². The van der Waals surface area contributed by atoms with Crippen LogP contribution in [0, 0.1) is 13.8 Å². The Hall–Kier alpha value is -2.15. The number of carbonyl (C=O) groups excluding carboxylic acids is 2. The van der Waals surface area contributed by atoms with Crippen molar-refractivity contribution in [3.63, 3.8) is 0 Å². The number of amides is 1. The monoisotopic (exact) mass is 294 g/mol. The van der Waals surface area contributed by atoms with Gasteiger partial charge >= 0.3 is 5.97 Å². The first-order valence-electron chi connectivity index (χ1n) is 6.02. The molecule has 2 aromatic rings. The predicted octanol–water partition coefficient (Wildman–Crippen LogP) is 2.78. The summed E-state index contributed by atoms with van der Waals surface area (Å²) in [7, 11) is 0. The fourth-order valence-corrected chi connectivity index (χ4v) is 2.59. The number of carbonyl (C=O) groups is 2. The first kappa shape index (κ1) is 14.3. The predicted molar refractivity (Wildman–Crippen MR) is 74.2 cm³/mol. The topological polar surface area (TPSA) is 81.4 Å². The third-order valence-electron chi connectivity index (χ3n) is 2.57. The van der Waals surface area contributed by atoms with Crippen molar-refractivity contribution in [1.29, 1.82) is 0 Å². The molecule has 0 bridgehead atoms. The van der Waals surface area contributed by atoms with E-state index in [1.807, 2.05) is 0 Å². The summed E-state index contributed by atoms with van der Waals surface area (Å²) in [6, 6.07) is 1.72. The second-order valence-electron chi connectivity index (χ2n) is 4.06. The van der Waals surface area contributed by atoms with Crippen LogP contribution in [0.3, 0.4) is 0 Å². The van der Waals surface area contributed by atoms with E-state index in [9.17, 15) is 9.59 Å². The Morgan fingerprint density at radius 3 is 2.80 bits per heavy atom. The van der Waals surface area contributed by atoms with Gasteiger partial charge in [-0.05, 0) is 32.4 Å². The number of rotatable bonds is 4. The minimum absolute atomic E-state index is 0.161. The van der Waals surface area contributed by atoms with E-state index in [0.29, 0.717) is 22.2 Å². The first-order chi connectivity index (χ1) is 9.52. The number of esters is 1. The zero-order valence-corrected chi connectivity index (χ0v) is 12.2. The molecule has 0 unspecified atom stereocenters. The van der Waals surface area contributed by atoms with Crippen molar-refractivity contribution in [3.05, 3.63) is 34.4 Å². The lowest BCUT2D eigenvalue weighted by Crippen LogP contribution is -2.11. The van der Waals surface area contributed by atoms with Crippen LogP contribution in [-0.2, 0) is 4.74 Å². The summed E-state index contributed by atoms with van der Waals surface area (Å²) in [4.78, 5) is 28.0. The van der Waals surface area contributed by atoms with E-state index in [1.54, 1.807) is 26.8 Å². The standard InChI is InChI=1S/C13H14N2O4S/c1-4-18-13(17)11-7(2)5-9(20-11)15-12(16)10-8(3)14-6-19-10/h5-6H,4H2,1-3H3,(H,15,16). The molecule has 0 atom stereocenters. The molecule has 6 nitrogen and oxygen atoms in total. The number of nitrogens with zero attached hydrogens (tertiary/aromatic N) is 1. The minimum atomic E-state index is -0.392. The average molecular weight is 294 g/mol. The normalized spacial score (nSPS) is 10.3. The van der Waals surface area contributed by atoms with Crippen LogP contribution < -0.4 is 5.32 Å². The van der Waals surface area contributed by atoms with Crippen molar-refractivity contribution < 1.29 is 18.7 Å². The number of hydrogen-bond acceptors (Lipinski definition) is 6. The van der Waals surface area contributed by atoms with Gasteiger partial charge in [0.05, 0.1) is 17.3 Å². The summed E-state index contributed by atoms with van der Waals surface area (Å²) >= 11 is 1.17. The number of aryl methyl sites for hydroxylation is 2. The van der Waals surface area contributed by atoms with Gasteiger partial charge in [0.15, 0.2) is 6.39 Å². The third kappa shape index (κ3) is 2.88. The SMILES string of the molecule is CCOC(=O)c1sc(NC(=O)c2ocnc2C)cc1C. The van der Waals surface area contributed by atoms with E-state index in [-0.39, 0.29) is 11.7 Å². The fraction of sp³-hybridized carbons (Fsp3) is 0.308. The molecule has 2 rings (SSSR count). The highest BCUT2D eigenvalue weighted by molar-refractivity contribution is 7.18. The number of aromatic nitrogens is 1. The van der Waals surface area contributed by atoms with Gasteiger partial charge in [-0.1, -0.05) is 0 Å². The van der Waals surface area contributed by atoms with Gasteiger partial charge in [0, 0.05) is 0 Å². The Balaban J connectivity index is 2.15. The van der Waals surface area contributed by atoms with Crippen molar-refractivity contribution in [2.45, 2.75) is 20.8 Å². The summed E-state index contributed by atoms with van der Waals surface area (Å²) < 4.78 is 9.96. The van der Waals surface area contributed by atoms with Crippen LogP contribution >= 0.6 is 11.3 Å². The number of thiophene rings is 1. The van der Waals surface area contributed by atoms with E-state index < -0.39 is 5.91 Å². The molecule has 1 N–H and O–H groups in total. The number of oxazole rings is 1. The molecule has 0 aliphatic carbocycles. The van der Waals surface area contributed by atoms with Crippen molar-refractivity contribution in [1.82, 2.24) is 4.98 Å². The van der Waals surface area contributed by atoms with E-state index in [2.05, 4.69) is 10.3 Å². The van der Waals surface area contributed by atoms with Crippen LogP contribution in [-0.4, -0.2) is 23.5 Å². The van der Waals surface area contributed by atoms with Crippen LogP contribution in [0.15, 0.2) is 16.9 Å². The zero-order valence-electron chi connectivity index (χ0n) is 11.4. The molecule has 0 spiro atoms. The maximum absolute atomic E-state index is 12.0. The van der Waals surface area contributed by atoms with Crippen molar-refractivity contribution >= 4 is 28.2 Å². The average Bonchev–Trinajstić information content (AvgIpc) is 2.96. The second-order valence-corrected chi connectivity index (χ2v) is 5.12. The summed E-state index contributed by atoms with van der Waals surface area (Å²) in [5, 5.41) is 3.24. The van der Waals surface area contributed by atoms with Crippen LogP contribution in [0.25, 0.3) is 0 Å². The number of anilines is 1. The van der Waals surface area contributed by atoms with Gasteiger partial charge in [-0.15, -0.1) is 11.3 Å². The molecule has 0 aromatic carbocycles. The molecule has 7 heteroatoms. The molecule has 1 amide bonds. The highest BCUT2D eigenvalue weighted by Gasteiger charge is 2.18. The Morgan fingerprint density at radius 2 is 2.20 bits per heavy atom. The quantitative estimate of drug-likeness (QED) is 0.877. The van der Waals surface area contributed by atoms with Gasteiger partial charge in [0.1, 0.15) is 4.88 Å². The molecule has 2 heterocycles. The maximum atomic E-state index is 12.0. The molecule has 106 valence electrons. The first-order valence-corrected chi connectivity index (χ1v) is 6.83. The highest BCUT2D eigenvalue weighted by atomic mass is 32.1. The lowest BCUT2D eigenvalue weighted by Gasteiger charge is -2.00. The van der Waals surface area contributed by atoms with E-state index in [1.165, 1.54) is 17.7 Å². The molecule has 0 saturated heterocycles. The summed E-state index contributed by atoms with van der Waals surface area (Å²) in [5.41, 5.74) is 1.28. The summed E-state index contributed by atoms with van der Waals surface area (Å²) in [6.45, 7) is 5.53. The zero-order chi connectivity index (χ0) is 14.7. The molecule has 0 aliphatic heterocycles. The van der Waals surface area contributed by atoms with Crippen LogP contribution in [0.2, 0.25) is 0 Å². The maximum Gasteiger partial charge on any atom is 0.348 e. The third-order valence-corrected chi connectivity index (χ3v) is 3.70. The van der Waals surface area contributed by atoms with Gasteiger partial charge in [-0.2, -0.15) is 0 Å². The summed E-state index contributed by atoms with van der Waals surface area (Å²) in [6.07, 6.45) is 1.22. The van der Waals surface area contributed by atoms with Gasteiger partial charge in [0.2, 0.25) is 5.76 Å². The number of ether oxygens (including phenoxy) is 1. The molecule has 0 radical (unpaired) electrons. The second kappa shape index (κ2) is 5.87. The van der Waals surface area contributed by atoms with Crippen molar-refractivity contribution in [2.75, 3.05) is 11.9 Å². The van der Waals surface area contributed by atoms with Crippen LogP contribution in [0.5, 0.6) is 0 Å². The Bertz CT molecular complexity index is 645. The molecule has 0 fully saturated rings. The van der Waals surface area contributed by atoms with Gasteiger partial charge in [-0.3, -0.25) is 4.79 Å². The smallest absolute Gasteiger partial charge is 0.348 e. The molecular formula is C13H14N2O4S. The molecule has 0 aliphatic rings. The lowest BCUT2D eigenvalue weighted by molar-refractivity contribution is 0.0531. The fourth-order valence-electron chi connectivity index (χ4n) is 1.63. The van der Waals surface area contributed by atoms with Gasteiger partial charge in [-0.25, -0.2) is 9.78 Å². The van der Waals surface area contributed by atoms with Crippen LogP contribution in [0.1, 0.15) is 38.4 Å². The Morgan fingerprint density at radius 1 is 1.45 bits per heavy atom. The molecule has 2 aromatic heterocycles. The minimum Gasteiger partial charge on any atom is -0.462 e. The summed E-state index contributed by atoms with van der Waals surface area (Å²) in [5.74, 6) is -0.614. The molecule has 20 heavy (non-hydrogen) atoms. The Kier molecular flexibility index (Phi) is 4.19. The lowest BCUT2D eigenvalue weighted by atomic mass is 10.3. The Labute approximate surface area is 119 Å². The largest absolute Gasteiger partial charge is 0.462 e. The van der Waals surface area contributed by atoms with E-state index >= 15 is 0 Å². The highest BCUT2D eigenvalue weighted by Crippen LogP contribution is 2.27. The number of nitrogens with one attached hydrogen (secondary N) is 1. The van der Waals surface area contributed by atoms with Crippen molar-refractivity contribution in [3.8, 4) is 0 Å². The van der Waals surface area contributed by atoms with Gasteiger partial charge < -0.3 is 14.5 Å².